The van der Waals surface area contributed by atoms with Gasteiger partial charge < -0.3 is 10.1 Å². The number of carbonyl (C=O) groups is 2. The van der Waals surface area contributed by atoms with Crippen molar-refractivity contribution in [2.45, 2.75) is 53.1 Å². The predicted molar refractivity (Wildman–Crippen MR) is 80.4 cm³/mol. The predicted octanol–water partition coefficient (Wildman–Crippen LogP) is 3.40. The van der Waals surface area contributed by atoms with Crippen molar-refractivity contribution in [2.75, 3.05) is 5.32 Å². The summed E-state index contributed by atoms with van der Waals surface area (Å²) < 4.78 is 5.33. The highest BCUT2D eigenvalue weighted by atomic mass is 32.1. The number of nitrogens with one attached hydrogen (secondary N) is 1. The molecule has 0 spiro atoms. The Balaban J connectivity index is 2.40. The maximum atomic E-state index is 12.3. The van der Waals surface area contributed by atoms with Crippen LogP contribution in [0, 0.1) is 5.92 Å². The number of thiophene rings is 1. The van der Waals surface area contributed by atoms with Crippen molar-refractivity contribution in [3.63, 3.8) is 0 Å². The highest BCUT2D eigenvalue weighted by molar-refractivity contribution is 7.17. The molecule has 1 N–H and O–H groups in total. The van der Waals surface area contributed by atoms with Gasteiger partial charge in [-0.2, -0.15) is 0 Å². The molecule has 0 saturated heterocycles. The van der Waals surface area contributed by atoms with E-state index in [9.17, 15) is 9.59 Å². The van der Waals surface area contributed by atoms with Crippen LogP contribution in [-0.4, -0.2) is 18.0 Å². The molecule has 1 aliphatic carbocycles. The Morgan fingerprint density at radius 1 is 1.40 bits per heavy atom. The molecule has 4 nitrogen and oxygen atoms in total. The minimum atomic E-state index is -0.323. The van der Waals surface area contributed by atoms with Crippen LogP contribution in [0.1, 0.15) is 54.9 Å². The van der Waals surface area contributed by atoms with Crippen LogP contribution in [0.2, 0.25) is 0 Å². The van der Waals surface area contributed by atoms with E-state index >= 15 is 0 Å². The molecule has 1 heterocycles. The fourth-order valence-electron chi connectivity index (χ4n) is 2.49. The van der Waals surface area contributed by atoms with Crippen LogP contribution < -0.4 is 5.32 Å². The van der Waals surface area contributed by atoms with Crippen LogP contribution >= 0.6 is 11.3 Å². The van der Waals surface area contributed by atoms with Crippen molar-refractivity contribution in [3.05, 3.63) is 16.0 Å². The van der Waals surface area contributed by atoms with Crippen LogP contribution in [0.15, 0.2) is 0 Å². The second kappa shape index (κ2) is 5.95. The molecular weight excluding hydrogens is 274 g/mol. The molecule has 1 atom stereocenters. The zero-order valence-corrected chi connectivity index (χ0v) is 13.2. The zero-order valence-electron chi connectivity index (χ0n) is 12.4. The summed E-state index contributed by atoms with van der Waals surface area (Å²) in [6.07, 6.45) is 2.77. The molecule has 1 amide bonds. The lowest BCUT2D eigenvalue weighted by Crippen LogP contribution is -2.17. The monoisotopic (exact) mass is 295 g/mol. The number of carbonyl (C=O) groups excluding carboxylic acids is 2. The fourth-order valence-corrected chi connectivity index (χ4v) is 3.93. The molecule has 110 valence electrons. The summed E-state index contributed by atoms with van der Waals surface area (Å²) in [6.45, 7) is 7.33. The van der Waals surface area contributed by atoms with Gasteiger partial charge in [0.25, 0.3) is 0 Å². The van der Waals surface area contributed by atoms with Crippen molar-refractivity contribution < 1.29 is 14.3 Å². The minimum absolute atomic E-state index is 0.157. The van der Waals surface area contributed by atoms with Crippen molar-refractivity contribution in [1.82, 2.24) is 0 Å². The average Bonchev–Trinajstić information content (AvgIpc) is 2.63. The first kappa shape index (κ1) is 15.0. The Morgan fingerprint density at radius 2 is 2.10 bits per heavy atom. The third-order valence-electron chi connectivity index (χ3n) is 3.35. The first-order valence-electron chi connectivity index (χ1n) is 7.01. The topological polar surface area (TPSA) is 55.4 Å². The number of anilines is 1. The first-order chi connectivity index (χ1) is 9.38. The van der Waals surface area contributed by atoms with Crippen molar-refractivity contribution >= 4 is 28.2 Å². The van der Waals surface area contributed by atoms with Crippen LogP contribution in [0.3, 0.4) is 0 Å². The van der Waals surface area contributed by atoms with Crippen LogP contribution in [-0.2, 0) is 22.4 Å². The lowest BCUT2D eigenvalue weighted by molar-refractivity contribution is -0.114. The standard InChI is InChI=1S/C15H21NO3S/c1-8(2)19-15(18)13-11-6-5-9(3)7-12(11)20-14(13)16-10(4)17/h8-9H,5-7H2,1-4H3,(H,16,17)/t9-/m0/s1. The molecule has 0 fully saturated rings. The molecule has 1 aromatic rings. The Bertz CT molecular complexity index is 533. The normalized spacial score (nSPS) is 17.8. The van der Waals surface area contributed by atoms with Gasteiger partial charge in [-0.25, -0.2) is 4.79 Å². The van der Waals surface area contributed by atoms with E-state index in [1.807, 2.05) is 13.8 Å². The third-order valence-corrected chi connectivity index (χ3v) is 4.52. The molecule has 5 heteroatoms. The molecular formula is C15H21NO3S. The largest absolute Gasteiger partial charge is 0.459 e. The van der Waals surface area contributed by atoms with E-state index in [1.54, 1.807) is 0 Å². The number of hydrogen-bond acceptors (Lipinski definition) is 4. The maximum absolute atomic E-state index is 12.3. The van der Waals surface area contributed by atoms with Crippen LogP contribution in [0.4, 0.5) is 5.00 Å². The second-order valence-electron chi connectivity index (χ2n) is 5.69. The maximum Gasteiger partial charge on any atom is 0.341 e. The Hall–Kier alpha value is -1.36. The molecule has 0 radical (unpaired) electrons. The highest BCUT2D eigenvalue weighted by Gasteiger charge is 2.29. The first-order valence-corrected chi connectivity index (χ1v) is 7.83. The number of fused-ring (bicyclic) bond motifs is 1. The number of hydrogen-bond donors (Lipinski definition) is 1. The third kappa shape index (κ3) is 3.20. The number of ether oxygens (including phenoxy) is 1. The Kier molecular flexibility index (Phi) is 4.48. The van der Waals surface area contributed by atoms with E-state index < -0.39 is 0 Å². The lowest BCUT2D eigenvalue weighted by Gasteiger charge is -2.18. The van der Waals surface area contributed by atoms with E-state index in [-0.39, 0.29) is 18.0 Å². The van der Waals surface area contributed by atoms with E-state index in [4.69, 9.17) is 4.74 Å². The van der Waals surface area contributed by atoms with E-state index in [2.05, 4.69) is 12.2 Å². The molecule has 0 aromatic carbocycles. The quantitative estimate of drug-likeness (QED) is 0.870. The SMILES string of the molecule is CC(=O)Nc1sc2c(c1C(=O)OC(C)C)CC[C@H](C)C2. The van der Waals surface area contributed by atoms with Crippen molar-refractivity contribution in [1.29, 1.82) is 0 Å². The van der Waals surface area contributed by atoms with Gasteiger partial charge in [-0.3, -0.25) is 4.79 Å². The molecule has 20 heavy (non-hydrogen) atoms. The summed E-state index contributed by atoms with van der Waals surface area (Å²) in [5.74, 6) is 0.145. The van der Waals surface area contributed by atoms with Gasteiger partial charge >= 0.3 is 5.97 Å². The van der Waals surface area contributed by atoms with Gasteiger partial charge in [0.1, 0.15) is 5.00 Å². The molecule has 0 saturated carbocycles. The van der Waals surface area contributed by atoms with Gasteiger partial charge in [-0.1, -0.05) is 6.92 Å². The summed E-state index contributed by atoms with van der Waals surface area (Å²) >= 11 is 1.52. The summed E-state index contributed by atoms with van der Waals surface area (Å²) in [4.78, 5) is 24.8. The summed E-state index contributed by atoms with van der Waals surface area (Å²) in [5.41, 5.74) is 1.64. The van der Waals surface area contributed by atoms with Gasteiger partial charge in [0.2, 0.25) is 5.91 Å². The smallest absolute Gasteiger partial charge is 0.341 e. The molecule has 1 aliphatic rings. The van der Waals surface area contributed by atoms with Gasteiger partial charge in [-0.15, -0.1) is 11.3 Å². The van der Waals surface area contributed by atoms with Crippen LogP contribution in [0.5, 0.6) is 0 Å². The summed E-state index contributed by atoms with van der Waals surface area (Å²) in [5, 5.41) is 3.42. The van der Waals surface area contributed by atoms with Crippen molar-refractivity contribution in [3.8, 4) is 0 Å². The van der Waals surface area contributed by atoms with Gasteiger partial charge in [0, 0.05) is 11.8 Å². The van der Waals surface area contributed by atoms with Crippen molar-refractivity contribution in [2.24, 2.45) is 5.92 Å². The highest BCUT2D eigenvalue weighted by Crippen LogP contribution is 2.40. The molecule has 1 aromatic heterocycles. The molecule has 0 aliphatic heterocycles. The van der Waals surface area contributed by atoms with Gasteiger partial charge in [0.05, 0.1) is 11.7 Å². The van der Waals surface area contributed by atoms with E-state index in [1.165, 1.54) is 23.1 Å². The minimum Gasteiger partial charge on any atom is -0.459 e. The van der Waals surface area contributed by atoms with E-state index in [0.29, 0.717) is 16.5 Å². The van der Waals surface area contributed by atoms with Gasteiger partial charge in [0.15, 0.2) is 0 Å². The van der Waals surface area contributed by atoms with Crippen LogP contribution in [0.25, 0.3) is 0 Å². The molecule has 0 unspecified atom stereocenters. The fraction of sp³-hybridized carbons (Fsp3) is 0.600. The number of rotatable bonds is 3. The second-order valence-corrected chi connectivity index (χ2v) is 6.80. The molecule has 2 rings (SSSR count). The number of esters is 1. The summed E-state index contributed by atoms with van der Waals surface area (Å²) in [7, 11) is 0. The average molecular weight is 295 g/mol. The Morgan fingerprint density at radius 3 is 2.70 bits per heavy atom. The Labute approximate surface area is 123 Å². The zero-order chi connectivity index (χ0) is 14.9. The summed E-state index contributed by atoms with van der Waals surface area (Å²) in [6, 6.07) is 0. The van der Waals surface area contributed by atoms with E-state index in [0.717, 1.165) is 24.8 Å². The van der Waals surface area contributed by atoms with Gasteiger partial charge in [-0.05, 0) is 44.6 Å². The number of amides is 1. The molecule has 0 bridgehead atoms. The lowest BCUT2D eigenvalue weighted by atomic mass is 9.88.